The molecule has 0 saturated heterocycles. The van der Waals surface area contributed by atoms with E-state index in [0.717, 1.165) is 22.6 Å². The van der Waals surface area contributed by atoms with Gasteiger partial charge in [0.15, 0.2) is 0 Å². The van der Waals surface area contributed by atoms with Crippen LogP contribution in [0.4, 0.5) is 5.69 Å². The average molecular weight is 296 g/mol. The van der Waals surface area contributed by atoms with Gasteiger partial charge >= 0.3 is 0 Å². The molecular formula is C17H16N2O3. The number of fused-ring (bicyclic) bond motifs is 1. The number of amides is 1. The summed E-state index contributed by atoms with van der Waals surface area (Å²) in [5, 5.41) is 11.8. The third kappa shape index (κ3) is 2.54. The van der Waals surface area contributed by atoms with Crippen molar-refractivity contribution in [3.05, 3.63) is 53.9 Å². The predicted molar refractivity (Wildman–Crippen MR) is 86.3 cm³/mol. The molecule has 1 aromatic carbocycles. The number of aliphatic hydroxyl groups is 1. The molecule has 2 N–H and O–H groups in total. The van der Waals surface area contributed by atoms with Gasteiger partial charge in [0, 0.05) is 23.6 Å². The molecule has 0 spiro atoms. The van der Waals surface area contributed by atoms with Gasteiger partial charge in [-0.3, -0.25) is 4.79 Å². The Morgan fingerprint density at radius 3 is 2.95 bits per heavy atom. The normalized spacial score (nSPS) is 15.4. The van der Waals surface area contributed by atoms with Crippen LogP contribution in [0.2, 0.25) is 0 Å². The molecule has 112 valence electrons. The lowest BCUT2D eigenvalue weighted by Gasteiger charge is -2.04. The molecule has 0 atom stereocenters. The van der Waals surface area contributed by atoms with E-state index in [4.69, 9.17) is 9.84 Å². The number of nitrogens with one attached hydrogen (secondary N) is 1. The molecule has 0 bridgehead atoms. The van der Waals surface area contributed by atoms with Gasteiger partial charge in [0.1, 0.15) is 5.75 Å². The van der Waals surface area contributed by atoms with Gasteiger partial charge in [-0.15, -0.1) is 0 Å². The van der Waals surface area contributed by atoms with Crippen LogP contribution in [-0.4, -0.2) is 29.3 Å². The van der Waals surface area contributed by atoms with Crippen molar-refractivity contribution in [2.24, 2.45) is 0 Å². The van der Waals surface area contributed by atoms with Crippen molar-refractivity contribution in [2.75, 3.05) is 19.0 Å². The Balaban J connectivity index is 2.08. The molecule has 0 radical (unpaired) electrons. The Kier molecular flexibility index (Phi) is 3.80. The molecule has 0 saturated carbocycles. The minimum atomic E-state index is -0.146. The summed E-state index contributed by atoms with van der Waals surface area (Å²) in [6, 6.07) is 7.47. The maximum atomic E-state index is 12.2. The standard InChI is InChI=1S/C17H16N2O3/c1-22-13-7-8-19(10-13)11-14-16-12(5-3-9-20)4-2-6-15(16)18-17(14)21/h2-8,10-11,20H,9H2,1H3,(H,18,21). The zero-order valence-corrected chi connectivity index (χ0v) is 12.1. The largest absolute Gasteiger partial charge is 0.495 e. The first-order valence-corrected chi connectivity index (χ1v) is 6.88. The molecule has 2 heterocycles. The van der Waals surface area contributed by atoms with E-state index in [0.29, 0.717) is 5.57 Å². The Morgan fingerprint density at radius 2 is 2.23 bits per heavy atom. The maximum Gasteiger partial charge on any atom is 0.257 e. The molecule has 0 fully saturated rings. The van der Waals surface area contributed by atoms with E-state index in [-0.39, 0.29) is 12.5 Å². The second-order valence-electron chi connectivity index (χ2n) is 4.85. The summed E-state index contributed by atoms with van der Waals surface area (Å²) in [6.45, 7) is -0.0428. The van der Waals surface area contributed by atoms with Crippen LogP contribution in [-0.2, 0) is 4.79 Å². The monoisotopic (exact) mass is 296 g/mol. The molecule has 1 aromatic heterocycles. The van der Waals surface area contributed by atoms with E-state index in [1.807, 2.05) is 36.5 Å². The summed E-state index contributed by atoms with van der Waals surface area (Å²) in [6.07, 6.45) is 8.84. The third-order valence-corrected chi connectivity index (χ3v) is 3.46. The van der Waals surface area contributed by atoms with Gasteiger partial charge in [-0.1, -0.05) is 24.3 Å². The lowest BCUT2D eigenvalue weighted by Crippen LogP contribution is -2.04. The predicted octanol–water partition coefficient (Wildman–Crippen LogP) is 2.45. The number of hydrogen-bond acceptors (Lipinski definition) is 3. The van der Waals surface area contributed by atoms with Gasteiger partial charge in [0.25, 0.3) is 5.91 Å². The Labute approximate surface area is 128 Å². The van der Waals surface area contributed by atoms with E-state index >= 15 is 0 Å². The van der Waals surface area contributed by atoms with Crippen LogP contribution in [0.3, 0.4) is 0 Å². The van der Waals surface area contributed by atoms with Crippen LogP contribution in [0.25, 0.3) is 17.8 Å². The van der Waals surface area contributed by atoms with Crippen LogP contribution in [0.15, 0.2) is 42.7 Å². The number of benzene rings is 1. The first-order chi connectivity index (χ1) is 10.7. The van der Waals surface area contributed by atoms with Crippen LogP contribution in [0.1, 0.15) is 11.1 Å². The molecular weight excluding hydrogens is 280 g/mol. The van der Waals surface area contributed by atoms with Gasteiger partial charge in [0.2, 0.25) is 0 Å². The fourth-order valence-electron chi connectivity index (χ4n) is 2.46. The number of aromatic nitrogens is 1. The number of aliphatic hydroxyl groups excluding tert-OH is 1. The summed E-state index contributed by atoms with van der Waals surface area (Å²) in [5.74, 6) is 0.580. The van der Waals surface area contributed by atoms with Gasteiger partial charge in [0.05, 0.1) is 25.5 Å². The number of methoxy groups -OCH3 is 1. The van der Waals surface area contributed by atoms with Crippen LogP contribution in [0, 0.1) is 0 Å². The summed E-state index contributed by atoms with van der Waals surface area (Å²) < 4.78 is 6.93. The molecule has 1 aliphatic rings. The van der Waals surface area contributed by atoms with Crippen LogP contribution >= 0.6 is 0 Å². The molecule has 22 heavy (non-hydrogen) atoms. The van der Waals surface area contributed by atoms with Gasteiger partial charge in [-0.05, 0) is 17.7 Å². The highest BCUT2D eigenvalue weighted by Gasteiger charge is 2.26. The van der Waals surface area contributed by atoms with Crippen LogP contribution < -0.4 is 10.1 Å². The topological polar surface area (TPSA) is 63.5 Å². The highest BCUT2D eigenvalue weighted by Crippen LogP contribution is 2.35. The lowest BCUT2D eigenvalue weighted by molar-refractivity contribution is -0.110. The maximum absolute atomic E-state index is 12.2. The van der Waals surface area contributed by atoms with Gasteiger partial charge < -0.3 is 19.7 Å². The molecule has 1 amide bonds. The third-order valence-electron chi connectivity index (χ3n) is 3.46. The molecule has 3 rings (SSSR count). The zero-order chi connectivity index (χ0) is 15.5. The van der Waals surface area contributed by atoms with Gasteiger partial charge in [-0.25, -0.2) is 0 Å². The molecule has 0 aliphatic carbocycles. The van der Waals surface area contributed by atoms with Crippen molar-refractivity contribution < 1.29 is 14.6 Å². The number of nitrogens with zero attached hydrogens (tertiary/aromatic N) is 1. The minimum Gasteiger partial charge on any atom is -0.495 e. The molecule has 5 heteroatoms. The number of rotatable bonds is 4. The second-order valence-corrected chi connectivity index (χ2v) is 4.85. The Hall–Kier alpha value is -2.79. The zero-order valence-electron chi connectivity index (χ0n) is 12.1. The first kappa shape index (κ1) is 14.2. The lowest BCUT2D eigenvalue weighted by atomic mass is 10.0. The highest BCUT2D eigenvalue weighted by atomic mass is 16.5. The first-order valence-electron chi connectivity index (χ1n) is 6.88. The van der Waals surface area contributed by atoms with Crippen molar-refractivity contribution in [3.63, 3.8) is 0 Å². The smallest absolute Gasteiger partial charge is 0.257 e. The summed E-state index contributed by atoms with van der Waals surface area (Å²) in [7, 11) is 1.60. The molecule has 5 nitrogen and oxygen atoms in total. The molecule has 2 aromatic rings. The van der Waals surface area contributed by atoms with E-state index in [2.05, 4.69) is 5.32 Å². The number of carbonyl (C=O) groups is 1. The minimum absolute atomic E-state index is 0.0428. The van der Waals surface area contributed by atoms with E-state index in [1.165, 1.54) is 0 Å². The second kappa shape index (κ2) is 5.91. The highest BCUT2D eigenvalue weighted by molar-refractivity contribution is 6.34. The van der Waals surface area contributed by atoms with Crippen molar-refractivity contribution in [1.82, 2.24) is 4.57 Å². The van der Waals surface area contributed by atoms with E-state index in [1.54, 1.807) is 30.1 Å². The van der Waals surface area contributed by atoms with Crippen molar-refractivity contribution in [3.8, 4) is 5.75 Å². The number of carbonyl (C=O) groups excluding carboxylic acids is 1. The molecule has 0 unspecified atom stereocenters. The Bertz CT molecular complexity index is 772. The van der Waals surface area contributed by atoms with Gasteiger partial charge in [-0.2, -0.15) is 0 Å². The molecule has 1 aliphatic heterocycles. The fraction of sp³-hybridized carbons (Fsp3) is 0.118. The number of ether oxygens (including phenoxy) is 1. The quantitative estimate of drug-likeness (QED) is 0.852. The fourth-order valence-corrected chi connectivity index (χ4v) is 2.46. The van der Waals surface area contributed by atoms with E-state index in [9.17, 15) is 4.79 Å². The SMILES string of the molecule is COc1ccn(C=C2C(=O)Nc3cccc(C=CCO)c32)c1. The van der Waals surface area contributed by atoms with Crippen LogP contribution in [0.5, 0.6) is 5.75 Å². The summed E-state index contributed by atoms with van der Waals surface area (Å²) in [5.41, 5.74) is 3.07. The summed E-state index contributed by atoms with van der Waals surface area (Å²) >= 11 is 0. The number of anilines is 1. The Morgan fingerprint density at radius 1 is 1.36 bits per heavy atom. The van der Waals surface area contributed by atoms with Crippen molar-refractivity contribution in [2.45, 2.75) is 0 Å². The summed E-state index contributed by atoms with van der Waals surface area (Å²) in [4.78, 5) is 12.2. The average Bonchev–Trinajstić information content (AvgIpc) is 3.10. The van der Waals surface area contributed by atoms with Crippen molar-refractivity contribution in [1.29, 1.82) is 0 Å². The number of hydrogen-bond donors (Lipinski definition) is 2. The van der Waals surface area contributed by atoms with Crippen molar-refractivity contribution >= 4 is 29.4 Å². The van der Waals surface area contributed by atoms with E-state index < -0.39 is 0 Å².